The molecule has 2 bridgehead atoms. The number of fused-ring (bicyclic) bond motifs is 2. The van der Waals surface area contributed by atoms with Crippen molar-refractivity contribution in [3.63, 3.8) is 0 Å². The van der Waals surface area contributed by atoms with Crippen LogP contribution < -0.4 is 5.48 Å². The lowest BCUT2D eigenvalue weighted by Crippen LogP contribution is -2.55. The van der Waals surface area contributed by atoms with E-state index in [0.29, 0.717) is 12.6 Å². The smallest absolute Gasteiger partial charge is 0.441 e. The van der Waals surface area contributed by atoms with Gasteiger partial charge >= 0.3 is 18.1 Å². The van der Waals surface area contributed by atoms with Crippen LogP contribution >= 0.6 is 0 Å². The fraction of sp³-hybridized carbons (Fsp3) is 0.654. The van der Waals surface area contributed by atoms with E-state index >= 15 is 0 Å². The summed E-state index contributed by atoms with van der Waals surface area (Å²) in [4.78, 5) is 34.2. The normalized spacial score (nSPS) is 25.1. The van der Waals surface area contributed by atoms with Crippen molar-refractivity contribution in [2.24, 2.45) is 5.92 Å². The number of ether oxygens (including phenoxy) is 2. The number of nitrogens with zero attached hydrogens (tertiary/aromatic N) is 2. The number of hydrogen-bond donors (Lipinski definition) is 2. The Morgan fingerprint density at radius 2 is 1.63 bits per heavy atom. The lowest BCUT2D eigenvalue weighted by atomic mass is 9.91. The first-order chi connectivity index (χ1) is 16.7. The topological polar surface area (TPSA) is 104 Å². The summed E-state index contributed by atoms with van der Waals surface area (Å²) in [5.74, 6) is -0.126. The van der Waals surface area contributed by atoms with Gasteiger partial charge in [-0.2, -0.15) is 0 Å². The number of hydroxylamine groups is 1. The van der Waals surface area contributed by atoms with Crippen molar-refractivity contribution < 1.29 is 23.9 Å². The lowest BCUT2D eigenvalue weighted by Gasteiger charge is -2.45. The third kappa shape index (κ3) is 6.66. The van der Waals surface area contributed by atoms with E-state index in [-0.39, 0.29) is 30.0 Å². The average molecular weight is 487 g/mol. The van der Waals surface area contributed by atoms with Crippen LogP contribution in [-0.2, 0) is 25.7 Å². The monoisotopic (exact) mass is 486 g/mol. The largest absolute Gasteiger partial charge is 0.461 e. The molecule has 3 saturated heterocycles. The van der Waals surface area contributed by atoms with Gasteiger partial charge in [0.2, 0.25) is 0 Å². The van der Waals surface area contributed by atoms with Crippen molar-refractivity contribution in [2.75, 3.05) is 13.1 Å². The van der Waals surface area contributed by atoms with Crippen LogP contribution in [0.25, 0.3) is 0 Å². The third-order valence-electron chi connectivity index (χ3n) is 7.18. The molecule has 0 aliphatic carbocycles. The standard InChI is InChI=1S/C26H38N4O5/c1-26(2,3)34-25(32)28-35-24(27)30-20-9-10-21(30)16-22(15-20)29-13-11-19(12-14-29)23(31)33-17-18-7-5-4-6-8-18/h4-8,19-22,27H,9-17H2,1-3H3,(H,28,32)/t20-,21+,22?. The van der Waals surface area contributed by atoms with Crippen LogP contribution in [0.4, 0.5) is 4.79 Å². The molecule has 9 nitrogen and oxygen atoms in total. The number of esters is 1. The Kier molecular flexibility index (Phi) is 7.84. The molecule has 35 heavy (non-hydrogen) atoms. The first-order valence-corrected chi connectivity index (χ1v) is 12.7. The molecule has 9 heteroatoms. The number of carbonyl (C=O) groups is 2. The van der Waals surface area contributed by atoms with Crippen LogP contribution in [0.2, 0.25) is 0 Å². The van der Waals surface area contributed by atoms with Gasteiger partial charge in [-0.1, -0.05) is 30.3 Å². The van der Waals surface area contributed by atoms with Crippen molar-refractivity contribution in [3.8, 4) is 0 Å². The van der Waals surface area contributed by atoms with Crippen LogP contribution in [-0.4, -0.2) is 64.7 Å². The van der Waals surface area contributed by atoms with E-state index in [4.69, 9.17) is 19.7 Å². The van der Waals surface area contributed by atoms with Gasteiger partial charge in [-0.05, 0) is 77.9 Å². The first-order valence-electron chi connectivity index (χ1n) is 12.7. The quantitative estimate of drug-likeness (QED) is 0.288. The van der Waals surface area contributed by atoms with Crippen LogP contribution in [0.1, 0.15) is 64.9 Å². The van der Waals surface area contributed by atoms with Gasteiger partial charge in [-0.15, -0.1) is 5.48 Å². The van der Waals surface area contributed by atoms with E-state index in [9.17, 15) is 9.59 Å². The average Bonchev–Trinajstić information content (AvgIpc) is 3.10. The maximum atomic E-state index is 12.5. The zero-order valence-electron chi connectivity index (χ0n) is 21.0. The lowest BCUT2D eigenvalue weighted by molar-refractivity contribution is -0.151. The molecule has 3 aliphatic rings. The Labute approximate surface area is 207 Å². The second kappa shape index (κ2) is 10.8. The van der Waals surface area contributed by atoms with Crippen LogP contribution in [0, 0.1) is 11.3 Å². The maximum Gasteiger partial charge on any atom is 0.441 e. The summed E-state index contributed by atoms with van der Waals surface area (Å²) in [5, 5.41) is 8.36. The predicted octanol–water partition coefficient (Wildman–Crippen LogP) is 3.83. The summed E-state index contributed by atoms with van der Waals surface area (Å²) >= 11 is 0. The Balaban J connectivity index is 1.21. The van der Waals surface area contributed by atoms with Gasteiger partial charge in [0.25, 0.3) is 0 Å². The van der Waals surface area contributed by atoms with E-state index in [1.165, 1.54) is 0 Å². The summed E-state index contributed by atoms with van der Waals surface area (Å²) in [6, 6.07) is 10.6. The second-order valence-electron chi connectivity index (χ2n) is 10.8. The van der Waals surface area contributed by atoms with Crippen molar-refractivity contribution in [3.05, 3.63) is 35.9 Å². The Bertz CT molecular complexity index is 881. The number of amides is 1. The molecule has 3 atom stereocenters. The molecule has 0 saturated carbocycles. The minimum Gasteiger partial charge on any atom is -0.461 e. The van der Waals surface area contributed by atoms with E-state index < -0.39 is 11.7 Å². The summed E-state index contributed by atoms with van der Waals surface area (Å²) < 4.78 is 10.7. The van der Waals surface area contributed by atoms with Crippen LogP contribution in [0.15, 0.2) is 30.3 Å². The Hall–Kier alpha value is -2.81. The van der Waals surface area contributed by atoms with Gasteiger partial charge in [0.15, 0.2) is 0 Å². The second-order valence-corrected chi connectivity index (χ2v) is 10.8. The highest BCUT2D eigenvalue weighted by Crippen LogP contribution is 2.38. The fourth-order valence-electron chi connectivity index (χ4n) is 5.57. The van der Waals surface area contributed by atoms with Crippen molar-refractivity contribution in [1.82, 2.24) is 15.3 Å². The molecule has 1 unspecified atom stereocenters. The number of likely N-dealkylation sites (tertiary alicyclic amines) is 1. The predicted molar refractivity (Wildman–Crippen MR) is 130 cm³/mol. The van der Waals surface area contributed by atoms with Crippen molar-refractivity contribution in [1.29, 1.82) is 5.41 Å². The van der Waals surface area contributed by atoms with E-state index in [1.54, 1.807) is 20.8 Å². The molecule has 4 rings (SSSR count). The van der Waals surface area contributed by atoms with Crippen molar-refractivity contribution in [2.45, 2.75) is 89.6 Å². The molecule has 0 spiro atoms. The zero-order valence-corrected chi connectivity index (χ0v) is 21.0. The highest BCUT2D eigenvalue weighted by atomic mass is 16.7. The molecule has 3 aliphatic heterocycles. The molecule has 2 N–H and O–H groups in total. The minimum atomic E-state index is -0.699. The molecule has 0 radical (unpaired) electrons. The number of carbonyl (C=O) groups excluding carboxylic acids is 2. The minimum absolute atomic E-state index is 0.0262. The van der Waals surface area contributed by atoms with Crippen LogP contribution in [0.5, 0.6) is 0 Å². The number of piperidine rings is 2. The van der Waals surface area contributed by atoms with Gasteiger partial charge in [0, 0.05) is 18.1 Å². The van der Waals surface area contributed by atoms with Crippen LogP contribution in [0.3, 0.4) is 0 Å². The highest BCUT2D eigenvalue weighted by Gasteiger charge is 2.45. The summed E-state index contributed by atoms with van der Waals surface area (Å²) in [6.07, 6.45) is 4.89. The molecular formula is C26H38N4O5. The molecule has 192 valence electrons. The molecule has 1 aromatic carbocycles. The first kappa shape index (κ1) is 25.3. The van der Waals surface area contributed by atoms with Gasteiger partial charge in [-0.25, -0.2) is 10.2 Å². The van der Waals surface area contributed by atoms with Crippen molar-refractivity contribution >= 4 is 18.1 Å². The Morgan fingerprint density at radius 1 is 1.00 bits per heavy atom. The molecule has 0 aromatic heterocycles. The molecule has 3 fully saturated rings. The summed E-state index contributed by atoms with van der Waals surface area (Å²) in [5.41, 5.74) is 2.62. The number of rotatable bonds is 4. The van der Waals surface area contributed by atoms with Gasteiger partial charge in [-0.3, -0.25) is 4.79 Å². The molecule has 3 heterocycles. The number of nitrogens with one attached hydrogen (secondary N) is 2. The molecular weight excluding hydrogens is 448 g/mol. The van der Waals surface area contributed by atoms with Gasteiger partial charge in [0.05, 0.1) is 5.92 Å². The highest BCUT2D eigenvalue weighted by molar-refractivity contribution is 5.75. The molecule has 1 aromatic rings. The van der Waals surface area contributed by atoms with E-state index in [1.807, 2.05) is 35.2 Å². The number of amidine groups is 1. The maximum absolute atomic E-state index is 12.5. The zero-order chi connectivity index (χ0) is 25.0. The Morgan fingerprint density at radius 3 is 2.23 bits per heavy atom. The summed E-state index contributed by atoms with van der Waals surface area (Å²) in [6.45, 7) is 7.45. The number of hydrogen-bond acceptors (Lipinski definition) is 7. The number of benzene rings is 1. The molecule has 1 amide bonds. The van der Waals surface area contributed by atoms with E-state index in [2.05, 4.69) is 10.4 Å². The third-order valence-corrected chi connectivity index (χ3v) is 7.18. The van der Waals surface area contributed by atoms with Gasteiger partial charge < -0.3 is 24.1 Å². The fourth-order valence-corrected chi connectivity index (χ4v) is 5.57. The SMILES string of the molecule is CC(C)(C)OC(=O)NOC(=N)N1[C@@H]2CC[C@H]1CC(N1CCC(C(=O)OCc3ccccc3)CC1)C2. The van der Waals surface area contributed by atoms with E-state index in [0.717, 1.165) is 57.2 Å². The summed E-state index contributed by atoms with van der Waals surface area (Å²) in [7, 11) is 0. The van der Waals surface area contributed by atoms with Gasteiger partial charge in [0.1, 0.15) is 12.2 Å².